The number of hydrogen-bond acceptors (Lipinski definition) is 4. The van der Waals surface area contributed by atoms with Crippen LogP contribution in [0.3, 0.4) is 0 Å². The third-order valence-electron chi connectivity index (χ3n) is 4.00. The molecule has 0 saturated heterocycles. The summed E-state index contributed by atoms with van der Waals surface area (Å²) in [6, 6.07) is 12.6. The average molecular weight is 385 g/mol. The van der Waals surface area contributed by atoms with Crippen molar-refractivity contribution in [3.63, 3.8) is 0 Å². The van der Waals surface area contributed by atoms with Gasteiger partial charge in [0.05, 0.1) is 0 Å². The number of carbonyl (C=O) groups excluding carboxylic acids is 3. The van der Waals surface area contributed by atoms with Crippen molar-refractivity contribution in [2.75, 3.05) is 11.9 Å². The van der Waals surface area contributed by atoms with E-state index in [2.05, 4.69) is 5.32 Å². The summed E-state index contributed by atoms with van der Waals surface area (Å²) in [6.45, 7) is 3.53. The van der Waals surface area contributed by atoms with Gasteiger partial charge in [-0.1, -0.05) is 32.0 Å². The normalized spacial score (nSPS) is 10.6. The minimum Gasteiger partial charge on any atom is -0.457 e. The standard InChI is InChI=1S/C22H24FNO4/c1-15(2)13-21(26)24-18-10-7-17(8-11-18)20(25)14-28-22(27)12-9-16-5-3-4-6-19(16)23/h3-8,10-11,15H,9,12-14H2,1-2H3,(H,24,26). The molecular weight excluding hydrogens is 361 g/mol. The summed E-state index contributed by atoms with van der Waals surface area (Å²) in [6.07, 6.45) is 0.628. The van der Waals surface area contributed by atoms with Crippen molar-refractivity contribution < 1.29 is 23.5 Å². The smallest absolute Gasteiger partial charge is 0.306 e. The third-order valence-corrected chi connectivity index (χ3v) is 4.00. The first-order valence-corrected chi connectivity index (χ1v) is 9.17. The number of rotatable bonds is 9. The van der Waals surface area contributed by atoms with Gasteiger partial charge in [-0.3, -0.25) is 14.4 Å². The summed E-state index contributed by atoms with van der Waals surface area (Å²) < 4.78 is 18.5. The lowest BCUT2D eigenvalue weighted by molar-refractivity contribution is -0.142. The van der Waals surface area contributed by atoms with Crippen LogP contribution in [0.1, 0.15) is 42.6 Å². The second-order valence-corrected chi connectivity index (χ2v) is 6.90. The van der Waals surface area contributed by atoms with E-state index in [0.29, 0.717) is 23.2 Å². The van der Waals surface area contributed by atoms with Gasteiger partial charge in [-0.2, -0.15) is 0 Å². The van der Waals surface area contributed by atoms with Crippen molar-refractivity contribution in [2.24, 2.45) is 5.92 Å². The topological polar surface area (TPSA) is 72.5 Å². The maximum atomic E-state index is 13.5. The number of carbonyl (C=O) groups is 3. The third kappa shape index (κ3) is 6.95. The van der Waals surface area contributed by atoms with Gasteiger partial charge < -0.3 is 10.1 Å². The summed E-state index contributed by atoms with van der Waals surface area (Å²) in [4.78, 5) is 35.7. The van der Waals surface area contributed by atoms with Crippen molar-refractivity contribution in [1.29, 1.82) is 0 Å². The van der Waals surface area contributed by atoms with Crippen LogP contribution in [0.15, 0.2) is 48.5 Å². The predicted octanol–water partition coefficient (Wildman–Crippen LogP) is 4.17. The van der Waals surface area contributed by atoms with Gasteiger partial charge in [0.25, 0.3) is 0 Å². The maximum absolute atomic E-state index is 13.5. The van der Waals surface area contributed by atoms with Crippen LogP contribution < -0.4 is 5.32 Å². The zero-order valence-electron chi connectivity index (χ0n) is 16.0. The number of hydrogen-bond donors (Lipinski definition) is 1. The molecule has 28 heavy (non-hydrogen) atoms. The minimum atomic E-state index is -0.561. The van der Waals surface area contributed by atoms with Gasteiger partial charge in [-0.05, 0) is 48.2 Å². The highest BCUT2D eigenvalue weighted by molar-refractivity contribution is 5.98. The van der Waals surface area contributed by atoms with E-state index in [4.69, 9.17) is 4.74 Å². The number of ether oxygens (including phenoxy) is 1. The SMILES string of the molecule is CC(C)CC(=O)Nc1ccc(C(=O)COC(=O)CCc2ccccc2F)cc1. The molecule has 6 heteroatoms. The number of ketones is 1. The van der Waals surface area contributed by atoms with E-state index >= 15 is 0 Å². The summed E-state index contributed by atoms with van der Waals surface area (Å²) >= 11 is 0. The molecule has 0 aliphatic rings. The molecule has 0 aromatic heterocycles. The van der Waals surface area contributed by atoms with Gasteiger partial charge in [0, 0.05) is 24.1 Å². The zero-order valence-corrected chi connectivity index (χ0v) is 16.0. The van der Waals surface area contributed by atoms with Crippen molar-refractivity contribution in [3.8, 4) is 0 Å². The number of nitrogens with one attached hydrogen (secondary N) is 1. The first-order chi connectivity index (χ1) is 13.3. The Morgan fingerprint density at radius 1 is 1.04 bits per heavy atom. The number of anilines is 1. The van der Waals surface area contributed by atoms with Crippen LogP contribution in [0.4, 0.5) is 10.1 Å². The first kappa shape index (κ1) is 21.3. The Bertz CT molecular complexity index is 831. The Labute approximate surface area is 163 Å². The molecule has 0 atom stereocenters. The summed E-state index contributed by atoms with van der Waals surface area (Å²) in [7, 11) is 0. The quantitative estimate of drug-likeness (QED) is 0.519. The molecule has 0 radical (unpaired) electrons. The molecule has 2 aromatic rings. The fraction of sp³-hybridized carbons (Fsp3) is 0.318. The highest BCUT2D eigenvalue weighted by Gasteiger charge is 2.12. The molecule has 1 N–H and O–H groups in total. The molecule has 0 unspecified atom stereocenters. The second kappa shape index (κ2) is 10.3. The predicted molar refractivity (Wildman–Crippen MR) is 105 cm³/mol. The summed E-state index contributed by atoms with van der Waals surface area (Å²) in [5.74, 6) is -1.10. The van der Waals surface area contributed by atoms with Crippen molar-refractivity contribution >= 4 is 23.3 Å². The van der Waals surface area contributed by atoms with Gasteiger partial charge in [0.2, 0.25) is 5.91 Å². The molecule has 0 fully saturated rings. The fourth-order valence-electron chi connectivity index (χ4n) is 2.56. The fourth-order valence-corrected chi connectivity index (χ4v) is 2.56. The molecule has 0 bridgehead atoms. The first-order valence-electron chi connectivity index (χ1n) is 9.17. The van der Waals surface area contributed by atoms with Crippen LogP contribution >= 0.6 is 0 Å². The number of esters is 1. The van der Waals surface area contributed by atoms with Gasteiger partial charge in [0.15, 0.2) is 12.4 Å². The molecule has 2 aromatic carbocycles. The highest BCUT2D eigenvalue weighted by Crippen LogP contribution is 2.13. The lowest BCUT2D eigenvalue weighted by Gasteiger charge is -2.08. The molecule has 1 amide bonds. The monoisotopic (exact) mass is 385 g/mol. The van der Waals surface area contributed by atoms with E-state index in [0.717, 1.165) is 0 Å². The maximum Gasteiger partial charge on any atom is 0.306 e. The van der Waals surface area contributed by atoms with Crippen LogP contribution in [-0.4, -0.2) is 24.3 Å². The summed E-state index contributed by atoms with van der Waals surface area (Å²) in [5.41, 5.74) is 1.41. The molecule has 0 spiro atoms. The Morgan fingerprint density at radius 3 is 2.36 bits per heavy atom. The molecule has 2 rings (SSSR count). The van der Waals surface area contributed by atoms with E-state index in [1.54, 1.807) is 42.5 Å². The van der Waals surface area contributed by atoms with Crippen LogP contribution in [-0.2, 0) is 20.7 Å². The van der Waals surface area contributed by atoms with Crippen molar-refractivity contribution in [3.05, 3.63) is 65.5 Å². The molecule has 0 aliphatic heterocycles. The van der Waals surface area contributed by atoms with E-state index in [-0.39, 0.29) is 42.9 Å². The average Bonchev–Trinajstić information content (AvgIpc) is 2.65. The zero-order chi connectivity index (χ0) is 20.5. The van der Waals surface area contributed by atoms with Crippen LogP contribution in [0.25, 0.3) is 0 Å². The van der Waals surface area contributed by atoms with Crippen LogP contribution in [0.5, 0.6) is 0 Å². The lowest BCUT2D eigenvalue weighted by atomic mass is 10.1. The number of Topliss-reactive ketones (excluding diaryl/α,β-unsaturated/α-hetero) is 1. The molecule has 0 heterocycles. The van der Waals surface area contributed by atoms with E-state index in [9.17, 15) is 18.8 Å². The summed E-state index contributed by atoms with van der Waals surface area (Å²) in [5, 5.41) is 2.76. The largest absolute Gasteiger partial charge is 0.457 e. The Hall–Kier alpha value is -3.02. The van der Waals surface area contributed by atoms with Gasteiger partial charge >= 0.3 is 5.97 Å². The van der Waals surface area contributed by atoms with Gasteiger partial charge in [-0.25, -0.2) is 4.39 Å². The number of aryl methyl sites for hydroxylation is 1. The number of halogens is 1. The van der Waals surface area contributed by atoms with Crippen LogP contribution in [0, 0.1) is 11.7 Å². The van der Waals surface area contributed by atoms with Gasteiger partial charge in [0.1, 0.15) is 5.82 Å². The minimum absolute atomic E-state index is 0.00493. The van der Waals surface area contributed by atoms with Crippen molar-refractivity contribution in [2.45, 2.75) is 33.1 Å². The highest BCUT2D eigenvalue weighted by atomic mass is 19.1. The molecule has 0 aliphatic carbocycles. The van der Waals surface area contributed by atoms with E-state index in [1.165, 1.54) is 6.07 Å². The molecule has 0 saturated carbocycles. The second-order valence-electron chi connectivity index (χ2n) is 6.90. The lowest BCUT2D eigenvalue weighted by Crippen LogP contribution is -2.15. The van der Waals surface area contributed by atoms with Crippen LogP contribution in [0.2, 0.25) is 0 Å². The molecule has 148 valence electrons. The van der Waals surface area contributed by atoms with E-state index in [1.807, 2.05) is 13.8 Å². The van der Waals surface area contributed by atoms with Crippen molar-refractivity contribution in [1.82, 2.24) is 0 Å². The Kier molecular flexibility index (Phi) is 7.87. The van der Waals surface area contributed by atoms with Gasteiger partial charge in [-0.15, -0.1) is 0 Å². The molecular formula is C22H24FNO4. The Balaban J connectivity index is 1.78. The molecule has 5 nitrogen and oxygen atoms in total. The Morgan fingerprint density at radius 2 is 1.71 bits per heavy atom. The van der Waals surface area contributed by atoms with E-state index < -0.39 is 5.97 Å². The number of benzene rings is 2. The number of amides is 1.